The van der Waals surface area contributed by atoms with Crippen LogP contribution in [0.15, 0.2) is 36.4 Å². The molecule has 31 heavy (non-hydrogen) atoms. The average Bonchev–Trinajstić information content (AvgIpc) is 3.25. The molecule has 2 aromatic rings. The molecule has 2 amide bonds. The number of hydrogen-bond donors (Lipinski definition) is 1. The summed E-state index contributed by atoms with van der Waals surface area (Å²) in [7, 11) is 3.11. The summed E-state index contributed by atoms with van der Waals surface area (Å²) in [5.41, 5.74) is 1.13. The quantitative estimate of drug-likeness (QED) is 0.752. The molecule has 2 aliphatic heterocycles. The van der Waals surface area contributed by atoms with Crippen LogP contribution in [-0.4, -0.2) is 75.4 Å². The van der Waals surface area contributed by atoms with Crippen LogP contribution in [0.5, 0.6) is 23.0 Å². The molecule has 164 valence electrons. The van der Waals surface area contributed by atoms with Crippen molar-refractivity contribution >= 4 is 17.5 Å². The molecular weight excluding hydrogens is 402 g/mol. The van der Waals surface area contributed by atoms with Gasteiger partial charge in [-0.15, -0.1) is 0 Å². The third kappa shape index (κ3) is 4.66. The summed E-state index contributed by atoms with van der Waals surface area (Å²) in [4.78, 5) is 29.1. The van der Waals surface area contributed by atoms with E-state index in [1.54, 1.807) is 42.3 Å². The van der Waals surface area contributed by atoms with E-state index < -0.39 is 0 Å². The van der Waals surface area contributed by atoms with E-state index in [4.69, 9.17) is 18.9 Å². The van der Waals surface area contributed by atoms with Gasteiger partial charge in [-0.2, -0.15) is 0 Å². The number of methoxy groups -OCH3 is 2. The number of piperazine rings is 1. The minimum atomic E-state index is -0.162. The van der Waals surface area contributed by atoms with Crippen molar-refractivity contribution in [3.05, 3.63) is 42.0 Å². The van der Waals surface area contributed by atoms with Crippen molar-refractivity contribution in [3.63, 3.8) is 0 Å². The number of nitrogens with zero attached hydrogens (tertiary/aromatic N) is 2. The second-order valence-corrected chi connectivity index (χ2v) is 7.25. The first kappa shape index (κ1) is 20.8. The van der Waals surface area contributed by atoms with E-state index in [-0.39, 0.29) is 25.2 Å². The fraction of sp³-hybridized carbons (Fsp3) is 0.364. The number of rotatable bonds is 6. The predicted molar refractivity (Wildman–Crippen MR) is 113 cm³/mol. The van der Waals surface area contributed by atoms with Gasteiger partial charge in [0.15, 0.2) is 11.5 Å². The molecule has 1 saturated heterocycles. The Morgan fingerprint density at radius 3 is 2.45 bits per heavy atom. The Bertz CT molecular complexity index is 972. The SMILES string of the molecule is COc1cccc(C(=O)N2CCN(CC(=O)Nc3cc4c(cc3OC)OCO4)CC2)c1. The molecule has 2 heterocycles. The number of hydrogen-bond acceptors (Lipinski definition) is 7. The third-order valence-corrected chi connectivity index (χ3v) is 5.31. The van der Waals surface area contributed by atoms with Crippen molar-refractivity contribution < 1.29 is 28.5 Å². The summed E-state index contributed by atoms with van der Waals surface area (Å²) < 4.78 is 21.2. The van der Waals surface area contributed by atoms with E-state index in [1.165, 1.54) is 7.11 Å². The van der Waals surface area contributed by atoms with Gasteiger partial charge in [-0.3, -0.25) is 14.5 Å². The van der Waals surface area contributed by atoms with Crippen molar-refractivity contribution in [1.29, 1.82) is 0 Å². The second kappa shape index (κ2) is 9.13. The molecule has 0 aliphatic carbocycles. The van der Waals surface area contributed by atoms with Crippen LogP contribution < -0.4 is 24.3 Å². The zero-order chi connectivity index (χ0) is 21.8. The topological polar surface area (TPSA) is 89.6 Å². The summed E-state index contributed by atoms with van der Waals surface area (Å²) >= 11 is 0. The lowest BCUT2D eigenvalue weighted by Crippen LogP contribution is -2.50. The first-order valence-electron chi connectivity index (χ1n) is 10.0. The lowest BCUT2D eigenvalue weighted by molar-refractivity contribution is -0.117. The summed E-state index contributed by atoms with van der Waals surface area (Å²) in [6.45, 7) is 2.70. The summed E-state index contributed by atoms with van der Waals surface area (Å²) in [6, 6.07) is 10.5. The monoisotopic (exact) mass is 427 g/mol. The van der Waals surface area contributed by atoms with Gasteiger partial charge in [-0.1, -0.05) is 6.07 Å². The van der Waals surface area contributed by atoms with Crippen molar-refractivity contribution in [2.24, 2.45) is 0 Å². The number of carbonyl (C=O) groups excluding carboxylic acids is 2. The Hall–Kier alpha value is -3.46. The van der Waals surface area contributed by atoms with Crippen LogP contribution in [0.1, 0.15) is 10.4 Å². The van der Waals surface area contributed by atoms with Crippen LogP contribution in [0.3, 0.4) is 0 Å². The van der Waals surface area contributed by atoms with Gasteiger partial charge in [0.1, 0.15) is 11.5 Å². The van der Waals surface area contributed by atoms with E-state index in [0.717, 1.165) is 0 Å². The van der Waals surface area contributed by atoms with Crippen LogP contribution in [0.25, 0.3) is 0 Å². The van der Waals surface area contributed by atoms with Gasteiger partial charge in [0, 0.05) is 43.9 Å². The molecular formula is C22H25N3O6. The maximum absolute atomic E-state index is 12.7. The highest BCUT2D eigenvalue weighted by Crippen LogP contribution is 2.40. The van der Waals surface area contributed by atoms with Crippen LogP contribution >= 0.6 is 0 Å². The zero-order valence-corrected chi connectivity index (χ0v) is 17.6. The number of benzene rings is 2. The Morgan fingerprint density at radius 2 is 1.74 bits per heavy atom. The smallest absolute Gasteiger partial charge is 0.254 e. The van der Waals surface area contributed by atoms with E-state index in [2.05, 4.69) is 5.32 Å². The Kier molecular flexibility index (Phi) is 6.13. The summed E-state index contributed by atoms with van der Waals surface area (Å²) in [5, 5.41) is 2.88. The summed E-state index contributed by atoms with van der Waals surface area (Å²) in [6.07, 6.45) is 0. The first-order valence-corrected chi connectivity index (χ1v) is 10.0. The molecule has 0 atom stereocenters. The summed E-state index contributed by atoms with van der Waals surface area (Å²) in [5.74, 6) is 2.12. The van der Waals surface area contributed by atoms with Crippen molar-refractivity contribution in [3.8, 4) is 23.0 Å². The predicted octanol–water partition coefficient (Wildman–Crippen LogP) is 1.83. The molecule has 9 heteroatoms. The highest BCUT2D eigenvalue weighted by atomic mass is 16.7. The maximum Gasteiger partial charge on any atom is 0.254 e. The van der Waals surface area contributed by atoms with Crippen molar-refractivity contribution in [1.82, 2.24) is 9.80 Å². The molecule has 4 rings (SSSR count). The molecule has 2 aromatic carbocycles. The van der Waals surface area contributed by atoms with Gasteiger partial charge in [0.25, 0.3) is 5.91 Å². The fourth-order valence-corrected chi connectivity index (χ4v) is 3.63. The molecule has 9 nitrogen and oxygen atoms in total. The first-order chi connectivity index (χ1) is 15.1. The number of fused-ring (bicyclic) bond motifs is 1. The standard InChI is InChI=1S/C22H25N3O6/c1-28-16-5-3-4-15(10-16)22(27)25-8-6-24(7-9-25)13-21(26)23-17-11-19-20(31-14-30-19)12-18(17)29-2/h3-5,10-12H,6-9,13-14H2,1-2H3,(H,23,26). The molecule has 1 N–H and O–H groups in total. The van der Waals surface area contributed by atoms with Gasteiger partial charge in [-0.05, 0) is 18.2 Å². The number of anilines is 1. The van der Waals surface area contributed by atoms with Gasteiger partial charge < -0.3 is 29.2 Å². The highest BCUT2D eigenvalue weighted by Gasteiger charge is 2.24. The van der Waals surface area contributed by atoms with E-state index in [9.17, 15) is 9.59 Å². The molecule has 1 fully saturated rings. The maximum atomic E-state index is 12.7. The number of nitrogens with one attached hydrogen (secondary N) is 1. The lowest BCUT2D eigenvalue weighted by atomic mass is 10.1. The molecule has 2 aliphatic rings. The second-order valence-electron chi connectivity index (χ2n) is 7.25. The van der Waals surface area contributed by atoms with Gasteiger partial charge in [0.2, 0.25) is 12.7 Å². The Morgan fingerprint density at radius 1 is 1.00 bits per heavy atom. The number of carbonyl (C=O) groups is 2. The molecule has 0 bridgehead atoms. The Balaban J connectivity index is 1.31. The molecule has 0 aromatic heterocycles. The largest absolute Gasteiger partial charge is 0.497 e. The van der Waals surface area contributed by atoms with Crippen LogP contribution in [-0.2, 0) is 4.79 Å². The van der Waals surface area contributed by atoms with E-state index in [0.29, 0.717) is 60.4 Å². The fourth-order valence-electron chi connectivity index (χ4n) is 3.63. The number of ether oxygens (including phenoxy) is 4. The average molecular weight is 427 g/mol. The highest BCUT2D eigenvalue weighted by molar-refractivity contribution is 5.95. The van der Waals surface area contributed by atoms with E-state index in [1.807, 2.05) is 11.0 Å². The molecule has 0 spiro atoms. The van der Waals surface area contributed by atoms with E-state index >= 15 is 0 Å². The molecule has 0 radical (unpaired) electrons. The molecule has 0 unspecified atom stereocenters. The lowest BCUT2D eigenvalue weighted by Gasteiger charge is -2.34. The minimum Gasteiger partial charge on any atom is -0.497 e. The normalized spacial score (nSPS) is 15.5. The minimum absolute atomic E-state index is 0.0342. The number of amides is 2. The van der Waals surface area contributed by atoms with Gasteiger partial charge >= 0.3 is 0 Å². The van der Waals surface area contributed by atoms with Crippen LogP contribution in [0.4, 0.5) is 5.69 Å². The van der Waals surface area contributed by atoms with Gasteiger partial charge in [0.05, 0.1) is 26.5 Å². The van der Waals surface area contributed by atoms with Crippen molar-refractivity contribution in [2.45, 2.75) is 0 Å². The third-order valence-electron chi connectivity index (χ3n) is 5.31. The van der Waals surface area contributed by atoms with Gasteiger partial charge in [-0.25, -0.2) is 0 Å². The molecule has 0 saturated carbocycles. The Labute approximate surface area is 180 Å². The van der Waals surface area contributed by atoms with Crippen molar-refractivity contribution in [2.75, 3.05) is 59.1 Å². The zero-order valence-electron chi connectivity index (χ0n) is 17.6. The van der Waals surface area contributed by atoms with Crippen LogP contribution in [0.2, 0.25) is 0 Å². The van der Waals surface area contributed by atoms with Crippen LogP contribution in [0, 0.1) is 0 Å².